The summed E-state index contributed by atoms with van der Waals surface area (Å²) in [5.74, 6) is -0.110. The van der Waals surface area contributed by atoms with Gasteiger partial charge in [-0.05, 0) is 53.5 Å². The third kappa shape index (κ3) is 3.69. The first-order valence-corrected chi connectivity index (χ1v) is 7.44. The highest BCUT2D eigenvalue weighted by Crippen LogP contribution is 2.35. The van der Waals surface area contributed by atoms with Crippen molar-refractivity contribution in [2.75, 3.05) is 14.2 Å². The third-order valence-corrected chi connectivity index (χ3v) is 4.49. The van der Waals surface area contributed by atoms with Gasteiger partial charge in [0, 0.05) is 18.1 Å². The Morgan fingerprint density at radius 1 is 1.47 bits per heavy atom. The zero-order valence-electron chi connectivity index (χ0n) is 13.3. The predicted molar refractivity (Wildman–Crippen MR) is 78.2 cm³/mol. The van der Waals surface area contributed by atoms with Crippen LogP contribution in [0.25, 0.3) is 0 Å². The van der Waals surface area contributed by atoms with Crippen molar-refractivity contribution >= 4 is 5.97 Å². The minimum absolute atomic E-state index is 0.110. The monoisotopic (exact) mass is 270 g/mol. The number of rotatable bonds is 6. The molecule has 19 heavy (non-hydrogen) atoms. The van der Waals surface area contributed by atoms with Gasteiger partial charge in [-0.25, -0.2) is 0 Å². The first kappa shape index (κ1) is 16.4. The summed E-state index contributed by atoms with van der Waals surface area (Å²) in [7, 11) is 3.65. The Morgan fingerprint density at radius 2 is 2.11 bits per heavy atom. The summed E-state index contributed by atoms with van der Waals surface area (Å²) < 4.78 is 5.03. The number of nitrogens with one attached hydrogen (secondary N) is 1. The minimum Gasteiger partial charge on any atom is -0.468 e. The molecule has 0 amide bonds. The third-order valence-electron chi connectivity index (χ3n) is 4.49. The van der Waals surface area contributed by atoms with Gasteiger partial charge in [-0.2, -0.15) is 0 Å². The van der Waals surface area contributed by atoms with Crippen molar-refractivity contribution in [3.05, 3.63) is 0 Å². The molecule has 0 aromatic carbocycles. The van der Waals surface area contributed by atoms with Crippen molar-refractivity contribution in [2.45, 2.75) is 77.0 Å². The fourth-order valence-electron chi connectivity index (χ4n) is 3.14. The summed E-state index contributed by atoms with van der Waals surface area (Å²) in [4.78, 5) is 14.6. The first-order chi connectivity index (χ1) is 8.86. The molecule has 0 radical (unpaired) electrons. The molecule has 1 aliphatic rings. The number of carbonyl (C=O) groups excluding carboxylic acids is 1. The molecule has 4 heteroatoms. The molecule has 0 bridgehead atoms. The van der Waals surface area contributed by atoms with Crippen molar-refractivity contribution < 1.29 is 9.53 Å². The Hall–Kier alpha value is -0.610. The van der Waals surface area contributed by atoms with E-state index >= 15 is 0 Å². The maximum absolute atomic E-state index is 12.2. The summed E-state index contributed by atoms with van der Waals surface area (Å²) in [6.45, 7) is 8.61. The Balaban J connectivity index is 2.79. The van der Waals surface area contributed by atoms with Crippen LogP contribution in [0.3, 0.4) is 0 Å². The van der Waals surface area contributed by atoms with E-state index in [-0.39, 0.29) is 12.0 Å². The molecule has 3 unspecified atom stereocenters. The number of esters is 1. The molecule has 0 spiro atoms. The van der Waals surface area contributed by atoms with Gasteiger partial charge in [-0.15, -0.1) is 0 Å². The van der Waals surface area contributed by atoms with E-state index in [2.05, 4.69) is 45.0 Å². The summed E-state index contributed by atoms with van der Waals surface area (Å²) in [6.07, 6.45) is 3.90. The minimum atomic E-state index is -0.491. The van der Waals surface area contributed by atoms with Gasteiger partial charge in [0.25, 0.3) is 0 Å². The van der Waals surface area contributed by atoms with Crippen LogP contribution in [0.2, 0.25) is 0 Å². The van der Waals surface area contributed by atoms with E-state index in [0.29, 0.717) is 12.1 Å². The Kier molecular flexibility index (Phi) is 5.81. The van der Waals surface area contributed by atoms with Gasteiger partial charge in [0.1, 0.15) is 5.54 Å². The lowest BCUT2D eigenvalue weighted by Gasteiger charge is -2.33. The molecule has 1 aliphatic carbocycles. The Morgan fingerprint density at radius 3 is 2.58 bits per heavy atom. The highest BCUT2D eigenvalue weighted by molar-refractivity contribution is 5.81. The predicted octanol–water partition coefficient (Wildman–Crippen LogP) is 2.18. The average molecular weight is 270 g/mol. The Labute approximate surface area is 117 Å². The largest absolute Gasteiger partial charge is 0.468 e. The van der Waals surface area contributed by atoms with E-state index in [1.807, 2.05) is 0 Å². The van der Waals surface area contributed by atoms with Crippen LogP contribution in [-0.4, -0.2) is 48.7 Å². The lowest BCUT2D eigenvalue weighted by molar-refractivity contribution is -0.149. The molecule has 0 aliphatic heterocycles. The quantitative estimate of drug-likeness (QED) is 0.751. The number of methoxy groups -OCH3 is 1. The van der Waals surface area contributed by atoms with Gasteiger partial charge in [0.2, 0.25) is 0 Å². The number of carbonyl (C=O) groups is 1. The van der Waals surface area contributed by atoms with E-state index in [1.54, 1.807) is 0 Å². The SMILES string of the molecule is CCC(C)N(C)C1CCC(NC(C)C)(C(=O)OC)C1. The molecule has 0 saturated heterocycles. The molecule has 1 fully saturated rings. The maximum atomic E-state index is 12.2. The molecule has 1 N–H and O–H groups in total. The fourth-order valence-corrected chi connectivity index (χ4v) is 3.14. The normalized spacial score (nSPS) is 28.9. The van der Waals surface area contributed by atoms with Crippen LogP contribution in [0, 0.1) is 0 Å². The van der Waals surface area contributed by atoms with Gasteiger partial charge in [0.05, 0.1) is 7.11 Å². The van der Waals surface area contributed by atoms with Crippen molar-refractivity contribution in [1.29, 1.82) is 0 Å². The second-order valence-electron chi connectivity index (χ2n) is 6.19. The highest BCUT2D eigenvalue weighted by Gasteiger charge is 2.47. The van der Waals surface area contributed by atoms with Crippen LogP contribution in [0.15, 0.2) is 0 Å². The molecule has 4 nitrogen and oxygen atoms in total. The first-order valence-electron chi connectivity index (χ1n) is 7.44. The summed E-state index contributed by atoms with van der Waals surface area (Å²) in [6, 6.07) is 1.30. The van der Waals surface area contributed by atoms with E-state index in [4.69, 9.17) is 4.74 Å². The van der Waals surface area contributed by atoms with Crippen LogP contribution in [0.5, 0.6) is 0 Å². The molecule has 0 aromatic heterocycles. The van der Waals surface area contributed by atoms with Gasteiger partial charge in [0.15, 0.2) is 0 Å². The molecule has 112 valence electrons. The molecule has 1 rings (SSSR count). The molecular formula is C15H30N2O2. The molecule has 3 atom stereocenters. The smallest absolute Gasteiger partial charge is 0.326 e. The van der Waals surface area contributed by atoms with E-state index in [0.717, 1.165) is 25.7 Å². The lowest BCUT2D eigenvalue weighted by atomic mass is 9.95. The van der Waals surface area contributed by atoms with Gasteiger partial charge < -0.3 is 9.64 Å². The average Bonchev–Trinajstić information content (AvgIpc) is 2.80. The second kappa shape index (κ2) is 6.71. The molecular weight excluding hydrogens is 240 g/mol. The molecule has 1 saturated carbocycles. The lowest BCUT2D eigenvalue weighted by Crippen LogP contribution is -2.54. The van der Waals surface area contributed by atoms with Crippen LogP contribution in [-0.2, 0) is 9.53 Å². The van der Waals surface area contributed by atoms with E-state index in [1.165, 1.54) is 7.11 Å². The van der Waals surface area contributed by atoms with Gasteiger partial charge >= 0.3 is 5.97 Å². The number of nitrogens with zero attached hydrogens (tertiary/aromatic N) is 1. The van der Waals surface area contributed by atoms with Crippen molar-refractivity contribution in [3.8, 4) is 0 Å². The van der Waals surface area contributed by atoms with E-state index in [9.17, 15) is 4.79 Å². The highest BCUT2D eigenvalue weighted by atomic mass is 16.5. The zero-order chi connectivity index (χ0) is 14.6. The summed E-state index contributed by atoms with van der Waals surface area (Å²) >= 11 is 0. The van der Waals surface area contributed by atoms with Crippen LogP contribution in [0.1, 0.15) is 53.4 Å². The number of ether oxygens (including phenoxy) is 1. The molecule has 0 heterocycles. The fraction of sp³-hybridized carbons (Fsp3) is 0.933. The Bertz CT molecular complexity index is 307. The zero-order valence-corrected chi connectivity index (χ0v) is 13.3. The standard InChI is InChI=1S/C15H30N2O2/c1-7-12(4)17(5)13-8-9-15(10-13,14(18)19-6)16-11(2)3/h11-13,16H,7-10H2,1-6H3. The van der Waals surface area contributed by atoms with Crippen LogP contribution >= 0.6 is 0 Å². The number of hydrogen-bond acceptors (Lipinski definition) is 4. The summed E-state index contributed by atoms with van der Waals surface area (Å²) in [5.41, 5.74) is -0.491. The van der Waals surface area contributed by atoms with Crippen molar-refractivity contribution in [3.63, 3.8) is 0 Å². The van der Waals surface area contributed by atoms with Crippen LogP contribution < -0.4 is 5.32 Å². The molecule has 0 aromatic rings. The van der Waals surface area contributed by atoms with Gasteiger partial charge in [-0.3, -0.25) is 10.1 Å². The van der Waals surface area contributed by atoms with Crippen molar-refractivity contribution in [1.82, 2.24) is 10.2 Å². The topological polar surface area (TPSA) is 41.6 Å². The van der Waals surface area contributed by atoms with Crippen molar-refractivity contribution in [2.24, 2.45) is 0 Å². The van der Waals surface area contributed by atoms with Crippen LogP contribution in [0.4, 0.5) is 0 Å². The second-order valence-corrected chi connectivity index (χ2v) is 6.19. The summed E-state index contributed by atoms with van der Waals surface area (Å²) in [5, 5.41) is 3.45. The van der Waals surface area contributed by atoms with Gasteiger partial charge in [-0.1, -0.05) is 6.92 Å². The van der Waals surface area contributed by atoms with E-state index < -0.39 is 5.54 Å². The maximum Gasteiger partial charge on any atom is 0.326 e. The number of hydrogen-bond donors (Lipinski definition) is 1.